The molecule has 0 atom stereocenters. The highest BCUT2D eigenvalue weighted by Gasteiger charge is 2.14. The van der Waals surface area contributed by atoms with Crippen molar-refractivity contribution in [3.05, 3.63) is 32.8 Å². The lowest BCUT2D eigenvalue weighted by molar-refractivity contribution is 0.0526. The molecule has 0 aliphatic heterocycles. The van der Waals surface area contributed by atoms with E-state index in [0.29, 0.717) is 17.2 Å². The van der Waals surface area contributed by atoms with Crippen LogP contribution in [-0.4, -0.2) is 12.6 Å². The summed E-state index contributed by atoms with van der Waals surface area (Å²) < 4.78 is 5.75. The van der Waals surface area contributed by atoms with E-state index in [1.165, 1.54) is 0 Å². The summed E-state index contributed by atoms with van der Waals surface area (Å²) in [5, 5.41) is 0.442. The van der Waals surface area contributed by atoms with Crippen LogP contribution < -0.4 is 0 Å². The molecule has 76 valence electrons. The summed E-state index contributed by atoms with van der Waals surface area (Å²) >= 11 is 9.33. The van der Waals surface area contributed by atoms with Crippen LogP contribution in [0.15, 0.2) is 16.6 Å². The Morgan fingerprint density at radius 2 is 2.21 bits per heavy atom. The van der Waals surface area contributed by atoms with Crippen molar-refractivity contribution in [1.29, 1.82) is 0 Å². The molecule has 0 spiro atoms. The molecule has 0 aliphatic carbocycles. The molecule has 0 saturated carbocycles. The number of halogens is 2. The van der Waals surface area contributed by atoms with Crippen molar-refractivity contribution >= 4 is 33.5 Å². The Morgan fingerprint density at radius 3 is 2.79 bits per heavy atom. The summed E-state index contributed by atoms with van der Waals surface area (Å²) in [5.74, 6) is -0.381. The number of carbonyl (C=O) groups is 1. The third-order valence-electron chi connectivity index (χ3n) is 1.82. The van der Waals surface area contributed by atoms with Crippen molar-refractivity contribution in [2.45, 2.75) is 13.8 Å². The number of rotatable bonds is 2. The number of benzene rings is 1. The van der Waals surface area contributed by atoms with Crippen LogP contribution in [0.3, 0.4) is 0 Å². The zero-order valence-electron chi connectivity index (χ0n) is 7.93. The summed E-state index contributed by atoms with van der Waals surface area (Å²) in [6.07, 6.45) is 0. The standard InChI is InChI=1S/C10H10BrClO2/c1-3-14-10(13)7-4-5-8(11)6(2)9(7)12/h4-5H,3H2,1-2H3. The van der Waals surface area contributed by atoms with Crippen LogP contribution in [0.1, 0.15) is 22.8 Å². The van der Waals surface area contributed by atoms with Gasteiger partial charge >= 0.3 is 5.97 Å². The van der Waals surface area contributed by atoms with E-state index in [9.17, 15) is 4.79 Å². The molecule has 0 radical (unpaired) electrons. The van der Waals surface area contributed by atoms with E-state index in [0.717, 1.165) is 10.0 Å². The topological polar surface area (TPSA) is 26.3 Å². The lowest BCUT2D eigenvalue weighted by Gasteiger charge is -2.07. The average molecular weight is 278 g/mol. The quantitative estimate of drug-likeness (QED) is 0.772. The number of carbonyl (C=O) groups excluding carboxylic acids is 1. The van der Waals surface area contributed by atoms with Gasteiger partial charge in [0, 0.05) is 4.47 Å². The summed E-state index contributed by atoms with van der Waals surface area (Å²) in [6.45, 7) is 3.96. The summed E-state index contributed by atoms with van der Waals surface area (Å²) in [7, 11) is 0. The molecule has 0 aliphatic rings. The third kappa shape index (κ3) is 2.28. The number of hydrogen-bond acceptors (Lipinski definition) is 2. The maximum Gasteiger partial charge on any atom is 0.339 e. The number of ether oxygens (including phenoxy) is 1. The molecule has 1 aromatic rings. The fourth-order valence-electron chi connectivity index (χ4n) is 1.03. The van der Waals surface area contributed by atoms with E-state index in [4.69, 9.17) is 16.3 Å². The van der Waals surface area contributed by atoms with Crippen molar-refractivity contribution in [3.8, 4) is 0 Å². The minimum atomic E-state index is -0.381. The van der Waals surface area contributed by atoms with Gasteiger partial charge < -0.3 is 4.74 Å². The first-order valence-corrected chi connectivity index (χ1v) is 5.36. The van der Waals surface area contributed by atoms with Crippen LogP contribution in [0.4, 0.5) is 0 Å². The number of esters is 1. The Morgan fingerprint density at radius 1 is 1.57 bits per heavy atom. The van der Waals surface area contributed by atoms with E-state index in [-0.39, 0.29) is 5.97 Å². The highest BCUT2D eigenvalue weighted by molar-refractivity contribution is 9.10. The molecule has 0 bridgehead atoms. The van der Waals surface area contributed by atoms with Crippen molar-refractivity contribution in [3.63, 3.8) is 0 Å². The molecular formula is C10H10BrClO2. The largest absolute Gasteiger partial charge is 0.462 e. The predicted octanol–water partition coefficient (Wildman–Crippen LogP) is 3.59. The summed E-state index contributed by atoms with van der Waals surface area (Å²) in [6, 6.07) is 3.44. The first-order valence-electron chi connectivity index (χ1n) is 4.19. The highest BCUT2D eigenvalue weighted by atomic mass is 79.9. The predicted molar refractivity (Wildman–Crippen MR) is 59.8 cm³/mol. The van der Waals surface area contributed by atoms with Crippen LogP contribution in [0.5, 0.6) is 0 Å². The minimum Gasteiger partial charge on any atom is -0.462 e. The van der Waals surface area contributed by atoms with Gasteiger partial charge in [-0.1, -0.05) is 27.5 Å². The Bertz CT molecular complexity index is 363. The fourth-order valence-corrected chi connectivity index (χ4v) is 1.71. The lowest BCUT2D eigenvalue weighted by atomic mass is 10.1. The second-order valence-corrected chi connectivity index (χ2v) is 3.99. The lowest BCUT2D eigenvalue weighted by Crippen LogP contribution is -2.06. The fraction of sp³-hybridized carbons (Fsp3) is 0.300. The van der Waals surface area contributed by atoms with Gasteiger partial charge in [-0.3, -0.25) is 0 Å². The molecule has 0 aromatic heterocycles. The Balaban J connectivity index is 3.11. The molecule has 0 heterocycles. The van der Waals surface area contributed by atoms with Crippen molar-refractivity contribution < 1.29 is 9.53 Å². The van der Waals surface area contributed by atoms with Crippen molar-refractivity contribution in [2.24, 2.45) is 0 Å². The third-order valence-corrected chi connectivity index (χ3v) is 3.16. The maximum atomic E-state index is 11.4. The Hall–Kier alpha value is -0.540. The van der Waals surface area contributed by atoms with Gasteiger partial charge in [0.25, 0.3) is 0 Å². The van der Waals surface area contributed by atoms with Gasteiger partial charge in [0.1, 0.15) is 0 Å². The Labute approximate surface area is 96.3 Å². The molecule has 4 heteroatoms. The zero-order chi connectivity index (χ0) is 10.7. The van der Waals surface area contributed by atoms with Gasteiger partial charge in [0.05, 0.1) is 17.2 Å². The molecule has 14 heavy (non-hydrogen) atoms. The summed E-state index contributed by atoms with van der Waals surface area (Å²) in [5.41, 5.74) is 1.26. The van der Waals surface area contributed by atoms with Gasteiger partial charge in [0.15, 0.2) is 0 Å². The monoisotopic (exact) mass is 276 g/mol. The average Bonchev–Trinajstić information content (AvgIpc) is 2.15. The van der Waals surface area contributed by atoms with Crippen molar-refractivity contribution in [1.82, 2.24) is 0 Å². The van der Waals surface area contributed by atoms with Crippen molar-refractivity contribution in [2.75, 3.05) is 6.61 Å². The second kappa shape index (κ2) is 4.80. The van der Waals surface area contributed by atoms with Crippen LogP contribution in [0, 0.1) is 6.92 Å². The SMILES string of the molecule is CCOC(=O)c1ccc(Br)c(C)c1Cl. The molecule has 1 rings (SSSR count). The first kappa shape index (κ1) is 11.5. The van der Waals surface area contributed by atoms with E-state index in [1.807, 2.05) is 6.92 Å². The van der Waals surface area contributed by atoms with Gasteiger partial charge in [-0.25, -0.2) is 4.79 Å². The minimum absolute atomic E-state index is 0.351. The maximum absolute atomic E-state index is 11.4. The van der Waals surface area contributed by atoms with E-state index in [1.54, 1.807) is 19.1 Å². The smallest absolute Gasteiger partial charge is 0.339 e. The molecule has 0 saturated heterocycles. The molecule has 0 amide bonds. The molecular weight excluding hydrogens is 267 g/mol. The van der Waals surface area contributed by atoms with Gasteiger partial charge in [-0.15, -0.1) is 0 Å². The first-order chi connectivity index (χ1) is 6.57. The zero-order valence-corrected chi connectivity index (χ0v) is 10.3. The molecule has 2 nitrogen and oxygen atoms in total. The molecule has 0 N–H and O–H groups in total. The molecule has 0 fully saturated rings. The molecule has 0 unspecified atom stereocenters. The Kier molecular flexibility index (Phi) is 3.96. The highest BCUT2D eigenvalue weighted by Crippen LogP contribution is 2.27. The van der Waals surface area contributed by atoms with Gasteiger partial charge in [-0.05, 0) is 31.5 Å². The van der Waals surface area contributed by atoms with Gasteiger partial charge in [0.2, 0.25) is 0 Å². The molecule has 1 aromatic carbocycles. The summed E-state index contributed by atoms with van der Waals surface area (Å²) in [4.78, 5) is 11.4. The van der Waals surface area contributed by atoms with Crippen LogP contribution in [-0.2, 0) is 4.74 Å². The van der Waals surface area contributed by atoms with Crippen LogP contribution in [0.2, 0.25) is 5.02 Å². The van der Waals surface area contributed by atoms with E-state index < -0.39 is 0 Å². The van der Waals surface area contributed by atoms with Crippen LogP contribution >= 0.6 is 27.5 Å². The number of hydrogen-bond donors (Lipinski definition) is 0. The normalized spacial score (nSPS) is 10.0. The van der Waals surface area contributed by atoms with E-state index in [2.05, 4.69) is 15.9 Å². The van der Waals surface area contributed by atoms with Gasteiger partial charge in [-0.2, -0.15) is 0 Å². The second-order valence-electron chi connectivity index (χ2n) is 2.75. The van der Waals surface area contributed by atoms with E-state index >= 15 is 0 Å². The van der Waals surface area contributed by atoms with Crippen LogP contribution in [0.25, 0.3) is 0 Å².